The van der Waals surface area contributed by atoms with Crippen LogP contribution in [0.2, 0.25) is 0 Å². The van der Waals surface area contributed by atoms with Gasteiger partial charge in [-0.3, -0.25) is 0 Å². The topological polar surface area (TPSA) is 98.6 Å². The van der Waals surface area contributed by atoms with Gasteiger partial charge in [0.25, 0.3) is 0 Å². The standard InChI is InChI=1S/C3H9N.CH2O3.H3N.Na/c1-4(2)3;2-1(3)4;;/h1-3H3;(H2,2,3,4);1H3;/q;;;+1/p-1. The molecule has 0 aromatic heterocycles. The average Bonchev–Trinajstić information content (AvgIpc) is 1.25. The van der Waals surface area contributed by atoms with E-state index in [1.54, 1.807) is 0 Å². The number of carbonyl (C=O) groups is 1. The third-order valence-corrected chi connectivity index (χ3v) is 0. The fraction of sp³-hybridized carbons (Fsp3) is 0.750. The zero-order valence-corrected chi connectivity index (χ0v) is 8.92. The molecule has 0 unspecified atom stereocenters. The van der Waals surface area contributed by atoms with Gasteiger partial charge in [-0.25, -0.2) is 0 Å². The number of hydrogen-bond donors (Lipinski definition) is 2. The van der Waals surface area contributed by atoms with Crippen LogP contribution in [0.3, 0.4) is 0 Å². The average molecular weight is 160 g/mol. The summed E-state index contributed by atoms with van der Waals surface area (Å²) in [5.74, 6) is 0. The molecule has 4 N–H and O–H groups in total. The van der Waals surface area contributed by atoms with Crippen LogP contribution >= 0.6 is 0 Å². The summed E-state index contributed by atoms with van der Waals surface area (Å²) in [5, 5.41) is 15.3. The van der Waals surface area contributed by atoms with Crippen molar-refractivity contribution < 1.29 is 44.6 Å². The van der Waals surface area contributed by atoms with Crippen LogP contribution in [-0.4, -0.2) is 37.3 Å². The molecule has 0 aliphatic heterocycles. The summed E-state index contributed by atoms with van der Waals surface area (Å²) in [6, 6.07) is 0. The molecule has 0 radical (unpaired) electrons. The molecule has 6 heteroatoms. The zero-order chi connectivity index (χ0) is 7.15. The Morgan fingerprint density at radius 3 is 1.40 bits per heavy atom. The minimum absolute atomic E-state index is 0. The van der Waals surface area contributed by atoms with Crippen molar-refractivity contribution in [3.63, 3.8) is 0 Å². The fourth-order valence-electron chi connectivity index (χ4n) is 0. The first kappa shape index (κ1) is 22.5. The van der Waals surface area contributed by atoms with E-state index >= 15 is 0 Å². The fourth-order valence-corrected chi connectivity index (χ4v) is 0. The van der Waals surface area contributed by atoms with Crippen molar-refractivity contribution in [2.45, 2.75) is 0 Å². The molecule has 0 spiro atoms. The molecule has 0 heterocycles. The van der Waals surface area contributed by atoms with E-state index < -0.39 is 6.16 Å². The molecule has 10 heavy (non-hydrogen) atoms. The van der Waals surface area contributed by atoms with Gasteiger partial charge in [0.05, 0.1) is 0 Å². The van der Waals surface area contributed by atoms with Crippen LogP contribution in [0.25, 0.3) is 0 Å². The second-order valence-electron chi connectivity index (χ2n) is 1.61. The monoisotopic (exact) mass is 160 g/mol. The van der Waals surface area contributed by atoms with Crippen molar-refractivity contribution in [1.29, 1.82) is 0 Å². The van der Waals surface area contributed by atoms with E-state index in [9.17, 15) is 0 Å². The van der Waals surface area contributed by atoms with E-state index in [-0.39, 0.29) is 35.7 Å². The molecule has 0 aliphatic rings. The Kier molecular flexibility index (Phi) is 36.1. The van der Waals surface area contributed by atoms with Gasteiger partial charge in [0.2, 0.25) is 6.16 Å². The van der Waals surface area contributed by atoms with Crippen molar-refractivity contribution in [2.24, 2.45) is 0 Å². The molecular formula is C4H13N2NaO3. The predicted octanol–water partition coefficient (Wildman–Crippen LogP) is -3.77. The molecule has 0 saturated carbocycles. The third-order valence-electron chi connectivity index (χ3n) is 0. The molecule has 0 aromatic carbocycles. The van der Waals surface area contributed by atoms with E-state index in [1.807, 2.05) is 26.0 Å². The van der Waals surface area contributed by atoms with Gasteiger partial charge in [-0.05, 0) is 21.1 Å². The molecule has 0 atom stereocenters. The Morgan fingerprint density at radius 2 is 1.40 bits per heavy atom. The summed E-state index contributed by atoms with van der Waals surface area (Å²) >= 11 is 0. The van der Waals surface area contributed by atoms with Gasteiger partial charge in [-0.2, -0.15) is 0 Å². The van der Waals surface area contributed by atoms with Gasteiger partial charge in [0, 0.05) is 0 Å². The second kappa shape index (κ2) is 16.1. The molecule has 5 nitrogen and oxygen atoms in total. The maximum atomic E-state index is 8.44. The van der Waals surface area contributed by atoms with Gasteiger partial charge >= 0.3 is 29.6 Å². The van der Waals surface area contributed by atoms with Crippen molar-refractivity contribution in [3.05, 3.63) is 0 Å². The SMILES string of the molecule is CN(C)C.N.O=C([O-])O.[Na+]. The quantitative estimate of drug-likeness (QED) is 0.354. The summed E-state index contributed by atoms with van der Waals surface area (Å²) in [6.45, 7) is 0. The maximum absolute atomic E-state index is 8.44. The Balaban J connectivity index is -0.0000000300. The van der Waals surface area contributed by atoms with E-state index in [2.05, 4.69) is 0 Å². The Labute approximate surface area is 82.9 Å². The minimum atomic E-state index is -2.08. The normalized spacial score (nSPS) is 6.00. The largest absolute Gasteiger partial charge is 1.00 e. The predicted molar refractivity (Wildman–Crippen MR) is 32.7 cm³/mol. The number of hydrogen-bond acceptors (Lipinski definition) is 4. The molecule has 0 amide bonds. The Hall–Kier alpha value is 0.190. The first-order valence-corrected chi connectivity index (χ1v) is 1.97. The molecule has 58 valence electrons. The number of rotatable bonds is 0. The number of nitrogens with zero attached hydrogens (tertiary/aromatic N) is 1. The van der Waals surface area contributed by atoms with Crippen LogP contribution in [0, 0.1) is 0 Å². The van der Waals surface area contributed by atoms with E-state index in [0.29, 0.717) is 0 Å². The Bertz CT molecular complexity index is 62.8. The summed E-state index contributed by atoms with van der Waals surface area (Å²) in [6.07, 6.45) is -2.08. The van der Waals surface area contributed by atoms with Gasteiger partial charge in [0.15, 0.2) is 0 Å². The second-order valence-corrected chi connectivity index (χ2v) is 1.61. The molecule has 0 saturated heterocycles. The molecule has 0 aliphatic carbocycles. The molecular weight excluding hydrogens is 147 g/mol. The summed E-state index contributed by atoms with van der Waals surface area (Å²) < 4.78 is 0. The van der Waals surface area contributed by atoms with Crippen molar-refractivity contribution in [3.8, 4) is 0 Å². The molecule has 0 aromatic rings. The van der Waals surface area contributed by atoms with Crippen molar-refractivity contribution >= 4 is 6.16 Å². The summed E-state index contributed by atoms with van der Waals surface area (Å²) in [5.41, 5.74) is 0. The number of carboxylic acid groups (broad SMARTS) is 2. The summed E-state index contributed by atoms with van der Waals surface area (Å²) in [4.78, 5) is 10.4. The molecule has 0 rings (SSSR count). The first-order valence-electron chi connectivity index (χ1n) is 1.97. The third kappa shape index (κ3) is 11700. The van der Waals surface area contributed by atoms with E-state index in [1.165, 1.54) is 0 Å². The van der Waals surface area contributed by atoms with E-state index in [0.717, 1.165) is 0 Å². The van der Waals surface area contributed by atoms with Crippen LogP contribution in [0.4, 0.5) is 4.79 Å². The molecule has 0 fully saturated rings. The van der Waals surface area contributed by atoms with Crippen LogP contribution in [0.15, 0.2) is 0 Å². The maximum Gasteiger partial charge on any atom is 1.00 e. The van der Waals surface area contributed by atoms with Crippen LogP contribution in [-0.2, 0) is 0 Å². The zero-order valence-electron chi connectivity index (χ0n) is 6.92. The van der Waals surface area contributed by atoms with Crippen molar-refractivity contribution in [1.82, 2.24) is 11.1 Å². The van der Waals surface area contributed by atoms with Crippen LogP contribution in [0.1, 0.15) is 0 Å². The first-order chi connectivity index (χ1) is 3.46. The van der Waals surface area contributed by atoms with Crippen LogP contribution in [0.5, 0.6) is 0 Å². The van der Waals surface area contributed by atoms with Gasteiger partial charge in [-0.15, -0.1) is 0 Å². The van der Waals surface area contributed by atoms with Crippen molar-refractivity contribution in [2.75, 3.05) is 21.1 Å². The molecule has 0 bridgehead atoms. The van der Waals surface area contributed by atoms with E-state index in [4.69, 9.17) is 15.0 Å². The van der Waals surface area contributed by atoms with Gasteiger partial charge in [0.1, 0.15) is 0 Å². The smallest absolute Gasteiger partial charge is 0.565 e. The van der Waals surface area contributed by atoms with Gasteiger partial charge < -0.3 is 26.1 Å². The minimum Gasteiger partial charge on any atom is -0.565 e. The Morgan fingerprint density at radius 1 is 1.40 bits per heavy atom. The van der Waals surface area contributed by atoms with Gasteiger partial charge in [-0.1, -0.05) is 0 Å². The van der Waals surface area contributed by atoms with Crippen LogP contribution < -0.4 is 40.8 Å². The summed E-state index contributed by atoms with van der Waals surface area (Å²) in [7, 11) is 6.00.